The summed E-state index contributed by atoms with van der Waals surface area (Å²) in [5, 5.41) is 7.26. The number of nitrogen functional groups attached to an aromatic ring is 1. The van der Waals surface area contributed by atoms with E-state index in [1.807, 2.05) is 0 Å². The molecule has 25 heavy (non-hydrogen) atoms. The van der Waals surface area contributed by atoms with Gasteiger partial charge in [0.1, 0.15) is 17.8 Å². The molecule has 128 valence electrons. The van der Waals surface area contributed by atoms with E-state index in [1.54, 1.807) is 37.3 Å². The van der Waals surface area contributed by atoms with E-state index >= 15 is 0 Å². The van der Waals surface area contributed by atoms with Crippen molar-refractivity contribution in [2.75, 3.05) is 16.5 Å². The highest BCUT2D eigenvalue weighted by molar-refractivity contribution is 6.30. The predicted octanol–water partition coefficient (Wildman–Crippen LogP) is 2.51. The largest absolute Gasteiger partial charge is 0.393 e. The fourth-order valence-electron chi connectivity index (χ4n) is 1.93. The fourth-order valence-corrected chi connectivity index (χ4v) is 2.06. The number of hydrogen-bond donors (Lipinski definition) is 4. The molecule has 3 rings (SSSR count). The normalized spacial score (nSPS) is 10.3. The first-order chi connectivity index (χ1) is 12.0. The van der Waals surface area contributed by atoms with Crippen LogP contribution in [0.25, 0.3) is 0 Å². The Morgan fingerprint density at radius 3 is 2.60 bits per heavy atom. The van der Waals surface area contributed by atoms with E-state index in [1.165, 1.54) is 6.33 Å². The number of hydrazine groups is 1. The Kier molecular flexibility index (Phi) is 4.66. The first-order valence-corrected chi connectivity index (χ1v) is 7.53. The zero-order chi connectivity index (χ0) is 17.8. The van der Waals surface area contributed by atoms with Crippen molar-refractivity contribution in [2.24, 2.45) is 0 Å². The van der Waals surface area contributed by atoms with Crippen molar-refractivity contribution in [2.45, 2.75) is 6.92 Å². The minimum atomic E-state index is -0.365. The zero-order valence-electron chi connectivity index (χ0n) is 13.1. The van der Waals surface area contributed by atoms with Gasteiger partial charge in [-0.05, 0) is 31.2 Å². The third-order valence-electron chi connectivity index (χ3n) is 3.16. The molecule has 0 fully saturated rings. The minimum absolute atomic E-state index is 0.208. The van der Waals surface area contributed by atoms with Gasteiger partial charge in [0.25, 0.3) is 5.91 Å². The Morgan fingerprint density at radius 1 is 1.20 bits per heavy atom. The maximum Gasteiger partial charge on any atom is 0.269 e. The van der Waals surface area contributed by atoms with Crippen molar-refractivity contribution in [1.29, 1.82) is 0 Å². The molecule has 3 aromatic rings. The molecule has 1 amide bonds. The number of aromatic nitrogens is 3. The monoisotopic (exact) mass is 359 g/mol. The smallest absolute Gasteiger partial charge is 0.269 e. The van der Waals surface area contributed by atoms with Crippen LogP contribution in [-0.2, 0) is 0 Å². The van der Waals surface area contributed by atoms with Crippen LogP contribution in [0.4, 0.5) is 23.1 Å². The topological polar surface area (TPSA) is 131 Å². The van der Waals surface area contributed by atoms with Crippen LogP contribution in [0, 0.1) is 6.92 Å². The molecule has 0 saturated heterocycles. The summed E-state index contributed by atoms with van der Waals surface area (Å²) >= 11 is 5.80. The molecule has 10 heteroatoms. The number of nitrogens with zero attached hydrogens (tertiary/aromatic N) is 3. The highest BCUT2D eigenvalue weighted by Gasteiger charge is 2.11. The fraction of sp³-hybridized carbons (Fsp3) is 0.0667. The van der Waals surface area contributed by atoms with Crippen LogP contribution < -0.4 is 21.9 Å². The Balaban J connectivity index is 1.69. The van der Waals surface area contributed by atoms with E-state index in [2.05, 4.69) is 31.3 Å². The molecule has 2 aromatic heterocycles. The molecule has 0 atom stereocenters. The maximum absolute atomic E-state index is 12.1. The molecule has 0 aliphatic carbocycles. The molecule has 9 nitrogen and oxygen atoms in total. The van der Waals surface area contributed by atoms with Crippen LogP contribution in [-0.4, -0.2) is 21.0 Å². The summed E-state index contributed by atoms with van der Waals surface area (Å²) in [6.07, 6.45) is 1.29. The first kappa shape index (κ1) is 16.5. The lowest BCUT2D eigenvalue weighted by Gasteiger charge is -2.12. The number of halogens is 1. The van der Waals surface area contributed by atoms with Crippen molar-refractivity contribution in [1.82, 2.24) is 20.6 Å². The second-order valence-electron chi connectivity index (χ2n) is 5.02. The average Bonchev–Trinajstić information content (AvgIpc) is 3.01. The number of benzene rings is 1. The van der Waals surface area contributed by atoms with Crippen LogP contribution in [0.1, 0.15) is 16.1 Å². The van der Waals surface area contributed by atoms with Gasteiger partial charge >= 0.3 is 0 Å². The summed E-state index contributed by atoms with van der Waals surface area (Å²) in [4.78, 5) is 20.1. The SMILES string of the molecule is Cc1cc(Nc2ncnc(NNC(=O)c3ccc(Cl)cc3)c2N)no1. The summed E-state index contributed by atoms with van der Waals surface area (Å²) in [7, 11) is 0. The quantitative estimate of drug-likeness (QED) is 0.511. The van der Waals surface area contributed by atoms with Gasteiger partial charge in [0.15, 0.2) is 17.5 Å². The lowest BCUT2D eigenvalue weighted by molar-refractivity contribution is 0.0962. The summed E-state index contributed by atoms with van der Waals surface area (Å²) in [5.41, 5.74) is 11.8. The van der Waals surface area contributed by atoms with Crippen molar-refractivity contribution < 1.29 is 9.32 Å². The van der Waals surface area contributed by atoms with Gasteiger partial charge in [0, 0.05) is 16.7 Å². The van der Waals surface area contributed by atoms with E-state index in [0.717, 1.165) is 0 Å². The van der Waals surface area contributed by atoms with Crippen LogP contribution in [0.3, 0.4) is 0 Å². The second-order valence-corrected chi connectivity index (χ2v) is 5.45. The number of rotatable bonds is 5. The molecule has 0 spiro atoms. The number of nitrogens with one attached hydrogen (secondary N) is 3. The van der Waals surface area contributed by atoms with Gasteiger partial charge in [0.05, 0.1) is 0 Å². The number of aryl methyl sites for hydroxylation is 1. The van der Waals surface area contributed by atoms with Gasteiger partial charge in [-0.25, -0.2) is 9.97 Å². The highest BCUT2D eigenvalue weighted by atomic mass is 35.5. The average molecular weight is 360 g/mol. The minimum Gasteiger partial charge on any atom is -0.393 e. The van der Waals surface area contributed by atoms with Crippen LogP contribution >= 0.6 is 11.6 Å². The Bertz CT molecular complexity index is 895. The number of carbonyl (C=O) groups excluding carboxylic acids is 1. The standard InChI is InChI=1S/C15H14ClN7O2/c1-8-6-11(23-25-8)20-13-12(17)14(19-7-18-13)21-22-15(24)9-2-4-10(16)5-3-9/h2-7H,17H2,1H3,(H,22,24)(H2,18,19,20,21,23). The Hall–Kier alpha value is -3.33. The Morgan fingerprint density at radius 2 is 1.92 bits per heavy atom. The molecular formula is C15H14ClN7O2. The lowest BCUT2D eigenvalue weighted by Crippen LogP contribution is -2.30. The van der Waals surface area contributed by atoms with Crippen LogP contribution in [0.15, 0.2) is 41.2 Å². The molecule has 0 saturated carbocycles. The molecule has 0 aliphatic rings. The second kappa shape index (κ2) is 7.05. The summed E-state index contributed by atoms with van der Waals surface area (Å²) in [6, 6.07) is 8.14. The molecule has 1 aromatic carbocycles. The summed E-state index contributed by atoms with van der Waals surface area (Å²) in [5.74, 6) is 1.30. The van der Waals surface area contributed by atoms with Gasteiger partial charge < -0.3 is 15.6 Å². The third-order valence-corrected chi connectivity index (χ3v) is 3.41. The van der Waals surface area contributed by atoms with Crippen molar-refractivity contribution >= 4 is 40.6 Å². The Labute approximate surface area is 147 Å². The number of anilines is 4. The van der Waals surface area contributed by atoms with Gasteiger partial charge in [-0.2, -0.15) is 0 Å². The number of carbonyl (C=O) groups is 1. The van der Waals surface area contributed by atoms with Crippen molar-refractivity contribution in [3.63, 3.8) is 0 Å². The van der Waals surface area contributed by atoms with Gasteiger partial charge in [-0.1, -0.05) is 16.8 Å². The van der Waals surface area contributed by atoms with Crippen LogP contribution in [0.5, 0.6) is 0 Å². The molecule has 2 heterocycles. The number of amides is 1. The molecule has 0 bridgehead atoms. The number of nitrogens with two attached hydrogens (primary N) is 1. The van der Waals surface area contributed by atoms with Gasteiger partial charge in [-0.3, -0.25) is 15.6 Å². The summed E-state index contributed by atoms with van der Waals surface area (Å²) < 4.78 is 4.96. The third kappa shape index (κ3) is 3.96. The highest BCUT2D eigenvalue weighted by Crippen LogP contribution is 2.25. The van der Waals surface area contributed by atoms with Gasteiger partial charge in [-0.15, -0.1) is 0 Å². The van der Waals surface area contributed by atoms with Crippen molar-refractivity contribution in [3.05, 3.63) is 53.0 Å². The lowest BCUT2D eigenvalue weighted by atomic mass is 10.2. The maximum atomic E-state index is 12.1. The zero-order valence-corrected chi connectivity index (χ0v) is 13.8. The molecule has 0 unspecified atom stereocenters. The molecule has 5 N–H and O–H groups in total. The summed E-state index contributed by atoms with van der Waals surface area (Å²) in [6.45, 7) is 1.76. The van der Waals surface area contributed by atoms with E-state index in [-0.39, 0.29) is 17.4 Å². The van der Waals surface area contributed by atoms with E-state index in [9.17, 15) is 4.79 Å². The van der Waals surface area contributed by atoms with Crippen LogP contribution in [0.2, 0.25) is 5.02 Å². The van der Waals surface area contributed by atoms with Gasteiger partial charge in [0.2, 0.25) is 0 Å². The molecule has 0 radical (unpaired) electrons. The molecular weight excluding hydrogens is 346 g/mol. The van der Waals surface area contributed by atoms with E-state index < -0.39 is 0 Å². The molecule has 0 aliphatic heterocycles. The van der Waals surface area contributed by atoms with E-state index in [0.29, 0.717) is 28.0 Å². The van der Waals surface area contributed by atoms with E-state index in [4.69, 9.17) is 21.9 Å². The number of hydrogen-bond acceptors (Lipinski definition) is 8. The van der Waals surface area contributed by atoms with Crippen molar-refractivity contribution in [3.8, 4) is 0 Å². The first-order valence-electron chi connectivity index (χ1n) is 7.15. The predicted molar refractivity (Wildman–Crippen MR) is 93.5 cm³/mol.